The first-order valence-electron chi connectivity index (χ1n) is 12.8. The molecule has 8 nitrogen and oxygen atoms in total. The number of furan rings is 1. The number of methoxy groups -OCH3 is 1. The first-order chi connectivity index (χ1) is 19.8. The summed E-state index contributed by atoms with van der Waals surface area (Å²) in [5.41, 5.74) is 1.55. The molecule has 2 aromatic carbocycles. The monoisotopic (exact) mass is 612 g/mol. The van der Waals surface area contributed by atoms with E-state index in [-0.39, 0.29) is 17.7 Å². The molecular weight excluding hydrogens is 587 g/mol. The SMILES string of the molecule is CCOC(=O)C1=C(C)N=c2s/c(=C/c3ccc(-c4cc(Cl)ccc4Cl)o3)c(=O)n2[C@H]1c1cccc(OC)c1OCC. The predicted octanol–water partition coefficient (Wildman–Crippen LogP) is 5.77. The minimum Gasteiger partial charge on any atom is -0.493 e. The maximum absolute atomic E-state index is 14.0. The lowest BCUT2D eigenvalue weighted by Gasteiger charge is -2.26. The number of benzene rings is 2. The molecule has 0 N–H and O–H groups in total. The number of rotatable bonds is 8. The van der Waals surface area contributed by atoms with Gasteiger partial charge in [0, 0.05) is 22.2 Å². The van der Waals surface area contributed by atoms with E-state index in [0.717, 1.165) is 0 Å². The van der Waals surface area contributed by atoms with Gasteiger partial charge in [-0.1, -0.05) is 46.7 Å². The van der Waals surface area contributed by atoms with Gasteiger partial charge in [-0.05, 0) is 57.2 Å². The number of fused-ring (bicyclic) bond motifs is 1. The highest BCUT2D eigenvalue weighted by Crippen LogP contribution is 2.41. The van der Waals surface area contributed by atoms with Gasteiger partial charge in [-0.3, -0.25) is 9.36 Å². The van der Waals surface area contributed by atoms with Gasteiger partial charge >= 0.3 is 5.97 Å². The Morgan fingerprint density at radius 1 is 1.15 bits per heavy atom. The normalized spacial score (nSPS) is 15.0. The number of para-hydroxylation sites is 1. The van der Waals surface area contributed by atoms with E-state index < -0.39 is 12.0 Å². The molecule has 3 heterocycles. The molecular formula is C30H26Cl2N2O6S. The molecule has 0 bridgehead atoms. The maximum atomic E-state index is 14.0. The van der Waals surface area contributed by atoms with Crippen LogP contribution >= 0.6 is 34.5 Å². The largest absolute Gasteiger partial charge is 0.493 e. The number of halogens is 2. The van der Waals surface area contributed by atoms with Gasteiger partial charge in [0.2, 0.25) is 0 Å². The van der Waals surface area contributed by atoms with Crippen LogP contribution in [0.25, 0.3) is 17.4 Å². The third kappa shape index (κ3) is 5.45. The van der Waals surface area contributed by atoms with Crippen LogP contribution in [0.2, 0.25) is 10.0 Å². The summed E-state index contributed by atoms with van der Waals surface area (Å²) in [5, 5.41) is 1.01. The van der Waals surface area contributed by atoms with Gasteiger partial charge in [-0.15, -0.1) is 0 Å². The number of aromatic nitrogens is 1. The number of thiazole rings is 1. The fourth-order valence-corrected chi connectivity index (χ4v) is 6.09. The van der Waals surface area contributed by atoms with Crippen molar-refractivity contribution in [2.75, 3.05) is 20.3 Å². The summed E-state index contributed by atoms with van der Waals surface area (Å²) in [6.07, 6.45) is 1.64. The number of ether oxygens (including phenoxy) is 3. The smallest absolute Gasteiger partial charge is 0.338 e. The topological polar surface area (TPSA) is 92.3 Å². The molecule has 0 spiro atoms. The van der Waals surface area contributed by atoms with Gasteiger partial charge in [-0.25, -0.2) is 9.79 Å². The fourth-order valence-electron chi connectivity index (χ4n) is 4.68. The van der Waals surface area contributed by atoms with E-state index in [1.165, 1.54) is 23.0 Å². The molecule has 212 valence electrons. The van der Waals surface area contributed by atoms with Crippen molar-refractivity contribution in [2.45, 2.75) is 26.8 Å². The van der Waals surface area contributed by atoms with Crippen molar-refractivity contribution in [3.63, 3.8) is 0 Å². The zero-order chi connectivity index (χ0) is 29.3. The molecule has 11 heteroatoms. The van der Waals surface area contributed by atoms with Crippen molar-refractivity contribution < 1.29 is 23.4 Å². The van der Waals surface area contributed by atoms with Crippen molar-refractivity contribution in [1.82, 2.24) is 4.57 Å². The molecule has 0 amide bonds. The highest BCUT2D eigenvalue weighted by Gasteiger charge is 2.36. The van der Waals surface area contributed by atoms with Crippen LogP contribution in [0.1, 0.15) is 38.1 Å². The summed E-state index contributed by atoms with van der Waals surface area (Å²) in [6.45, 7) is 5.82. The Morgan fingerprint density at radius 3 is 2.68 bits per heavy atom. The number of carbonyl (C=O) groups is 1. The van der Waals surface area contributed by atoms with Gasteiger partial charge in [0.25, 0.3) is 5.56 Å². The Labute approximate surface area is 249 Å². The molecule has 1 aliphatic rings. The number of esters is 1. The van der Waals surface area contributed by atoms with Crippen LogP contribution in [0.15, 0.2) is 74.0 Å². The summed E-state index contributed by atoms with van der Waals surface area (Å²) in [5.74, 6) is 1.30. The van der Waals surface area contributed by atoms with Crippen molar-refractivity contribution >= 4 is 46.6 Å². The third-order valence-corrected chi connectivity index (χ3v) is 7.97. The zero-order valence-corrected chi connectivity index (χ0v) is 25.0. The molecule has 4 aromatic rings. The van der Waals surface area contributed by atoms with Crippen LogP contribution in [0.3, 0.4) is 0 Å². The van der Waals surface area contributed by atoms with E-state index in [0.29, 0.717) is 65.8 Å². The van der Waals surface area contributed by atoms with Crippen molar-refractivity contribution in [3.05, 3.63) is 101 Å². The molecule has 0 unspecified atom stereocenters. The number of allylic oxidation sites excluding steroid dienone is 1. The molecule has 0 saturated carbocycles. The van der Waals surface area contributed by atoms with Crippen LogP contribution in [0.5, 0.6) is 11.5 Å². The van der Waals surface area contributed by atoms with Gasteiger partial charge < -0.3 is 18.6 Å². The predicted molar refractivity (Wildman–Crippen MR) is 159 cm³/mol. The highest BCUT2D eigenvalue weighted by molar-refractivity contribution is 7.07. The lowest BCUT2D eigenvalue weighted by Crippen LogP contribution is -2.40. The second kappa shape index (κ2) is 12.0. The molecule has 1 aliphatic heterocycles. The highest BCUT2D eigenvalue weighted by atomic mass is 35.5. The Hall–Kier alpha value is -3.79. The molecule has 2 aromatic heterocycles. The summed E-state index contributed by atoms with van der Waals surface area (Å²) < 4.78 is 24.8. The minimum atomic E-state index is -0.860. The first-order valence-corrected chi connectivity index (χ1v) is 14.4. The van der Waals surface area contributed by atoms with Crippen molar-refractivity contribution in [2.24, 2.45) is 4.99 Å². The Balaban J connectivity index is 1.70. The second-order valence-electron chi connectivity index (χ2n) is 8.94. The van der Waals surface area contributed by atoms with E-state index in [1.807, 2.05) is 6.92 Å². The van der Waals surface area contributed by atoms with E-state index in [4.69, 9.17) is 41.8 Å². The molecule has 1 atom stereocenters. The van der Waals surface area contributed by atoms with Gasteiger partial charge in [0.05, 0.1) is 41.1 Å². The number of hydrogen-bond acceptors (Lipinski definition) is 8. The molecule has 0 aliphatic carbocycles. The van der Waals surface area contributed by atoms with Crippen LogP contribution in [0.4, 0.5) is 0 Å². The van der Waals surface area contributed by atoms with E-state index in [1.54, 1.807) is 68.5 Å². The molecule has 41 heavy (non-hydrogen) atoms. The lowest BCUT2D eigenvalue weighted by molar-refractivity contribution is -0.139. The maximum Gasteiger partial charge on any atom is 0.338 e. The van der Waals surface area contributed by atoms with Gasteiger partial charge in [-0.2, -0.15) is 0 Å². The van der Waals surface area contributed by atoms with E-state index in [2.05, 4.69) is 4.99 Å². The second-order valence-corrected chi connectivity index (χ2v) is 10.8. The van der Waals surface area contributed by atoms with Gasteiger partial charge in [0.15, 0.2) is 16.3 Å². The van der Waals surface area contributed by atoms with Gasteiger partial charge in [0.1, 0.15) is 17.6 Å². The summed E-state index contributed by atoms with van der Waals surface area (Å²) >= 11 is 13.7. The number of nitrogens with zero attached hydrogens (tertiary/aromatic N) is 2. The average Bonchev–Trinajstić information content (AvgIpc) is 3.53. The van der Waals surface area contributed by atoms with E-state index >= 15 is 0 Å². The fraction of sp³-hybridized carbons (Fsp3) is 0.233. The van der Waals surface area contributed by atoms with Crippen molar-refractivity contribution in [1.29, 1.82) is 0 Å². The quantitative estimate of drug-likeness (QED) is 0.234. The zero-order valence-electron chi connectivity index (χ0n) is 22.7. The molecule has 0 fully saturated rings. The summed E-state index contributed by atoms with van der Waals surface area (Å²) in [4.78, 5) is 32.3. The third-order valence-electron chi connectivity index (χ3n) is 6.42. The Bertz CT molecular complexity index is 1850. The summed E-state index contributed by atoms with van der Waals surface area (Å²) in [6, 6.07) is 13.1. The van der Waals surface area contributed by atoms with Crippen molar-refractivity contribution in [3.8, 4) is 22.8 Å². The first kappa shape index (κ1) is 28.7. The van der Waals surface area contributed by atoms with Crippen LogP contribution in [0, 0.1) is 0 Å². The average molecular weight is 614 g/mol. The minimum absolute atomic E-state index is 0.167. The molecule has 0 radical (unpaired) electrons. The van der Waals surface area contributed by atoms with E-state index in [9.17, 15) is 9.59 Å². The number of hydrogen-bond donors (Lipinski definition) is 0. The Kier molecular flexibility index (Phi) is 8.40. The van der Waals surface area contributed by atoms with Crippen LogP contribution in [-0.4, -0.2) is 30.9 Å². The lowest BCUT2D eigenvalue weighted by atomic mass is 9.94. The molecule has 5 rings (SSSR count). The Morgan fingerprint density at radius 2 is 1.95 bits per heavy atom. The molecule has 0 saturated heterocycles. The number of carbonyl (C=O) groups excluding carboxylic acids is 1. The summed E-state index contributed by atoms with van der Waals surface area (Å²) in [7, 11) is 1.54. The van der Waals surface area contributed by atoms with Crippen LogP contribution < -0.4 is 24.4 Å². The van der Waals surface area contributed by atoms with Crippen LogP contribution in [-0.2, 0) is 9.53 Å². The standard InChI is InChI=1S/C30H26Cl2N2O6S/c1-5-38-27-19(8-7-9-23(27)37-4)26-25(29(36)39-6-2)16(3)33-30-34(26)28(35)24(41-30)15-18-11-13-22(40-18)20-14-17(31)10-12-21(20)32/h7-15,26H,5-6H2,1-4H3/b24-15+/t26-/m0/s1.